The van der Waals surface area contributed by atoms with Crippen LogP contribution in [0.2, 0.25) is 0 Å². The van der Waals surface area contributed by atoms with Crippen LogP contribution in [0.15, 0.2) is 23.8 Å². The number of carbonyl (C=O) groups is 1. The molecule has 4 heterocycles. The fraction of sp³-hybridized carbons (Fsp3) is 0.609. The molecule has 2 saturated heterocycles. The number of rotatable bonds is 2. The molecular weight excluding hydrogens is 380 g/mol. The van der Waals surface area contributed by atoms with Gasteiger partial charge in [0.15, 0.2) is 0 Å². The average molecular weight is 417 g/mol. The molecular formula is C23H36N4OS. The van der Waals surface area contributed by atoms with E-state index in [0.717, 1.165) is 42.1 Å². The Morgan fingerprint density at radius 2 is 1.76 bits per heavy atom. The lowest BCUT2D eigenvalue weighted by Crippen LogP contribution is -2.35. The van der Waals surface area contributed by atoms with Crippen molar-refractivity contribution in [2.45, 2.75) is 65.7 Å². The molecule has 0 radical (unpaired) electrons. The van der Waals surface area contributed by atoms with Gasteiger partial charge in [-0.1, -0.05) is 26.7 Å². The van der Waals surface area contributed by atoms with Crippen molar-refractivity contribution in [1.29, 1.82) is 0 Å². The molecule has 6 heteroatoms. The standard InChI is InChI=1S/C15H17N3OS.C5H11N.C3H8/c1-11-5-6-16-9-12(11)14-17-13(10-20-14)15(19)18-7-3-2-4-8-18;1-2-4-6-5-3-1;1-3-2/h5-6,9-10H,2-4,7-8H2,1H3;6H,1-5H2;3H2,1-2H3. The second-order valence-electron chi connectivity index (χ2n) is 7.60. The number of likely N-dealkylation sites (tertiary alicyclic amines) is 1. The van der Waals surface area contributed by atoms with Crippen molar-refractivity contribution in [3.05, 3.63) is 35.1 Å². The molecule has 0 unspecified atom stereocenters. The number of pyridine rings is 1. The molecule has 2 aromatic heterocycles. The van der Waals surface area contributed by atoms with E-state index in [1.54, 1.807) is 6.20 Å². The largest absolute Gasteiger partial charge is 0.337 e. The van der Waals surface area contributed by atoms with Crippen LogP contribution in [0.1, 0.15) is 74.8 Å². The number of hydrogen-bond acceptors (Lipinski definition) is 5. The minimum atomic E-state index is 0.0637. The highest BCUT2D eigenvalue weighted by Crippen LogP contribution is 2.26. The number of amides is 1. The van der Waals surface area contributed by atoms with E-state index >= 15 is 0 Å². The average Bonchev–Trinajstić information content (AvgIpc) is 3.26. The quantitative estimate of drug-likeness (QED) is 0.720. The van der Waals surface area contributed by atoms with Gasteiger partial charge in [-0.25, -0.2) is 4.98 Å². The molecule has 4 rings (SSSR count). The number of nitrogens with zero attached hydrogens (tertiary/aromatic N) is 3. The third-order valence-electron chi connectivity index (χ3n) is 4.84. The van der Waals surface area contributed by atoms with Crippen molar-refractivity contribution in [2.24, 2.45) is 0 Å². The zero-order valence-electron chi connectivity index (χ0n) is 18.2. The summed E-state index contributed by atoms with van der Waals surface area (Å²) in [6, 6.07) is 1.96. The molecule has 0 saturated carbocycles. The van der Waals surface area contributed by atoms with Crippen molar-refractivity contribution < 1.29 is 4.79 Å². The van der Waals surface area contributed by atoms with Crippen LogP contribution in [-0.2, 0) is 0 Å². The number of piperidine rings is 2. The first kappa shape index (κ1) is 23.5. The molecule has 0 aliphatic carbocycles. The first-order valence-electron chi connectivity index (χ1n) is 11.0. The zero-order valence-corrected chi connectivity index (χ0v) is 19.1. The van der Waals surface area contributed by atoms with Gasteiger partial charge in [0.05, 0.1) is 0 Å². The first-order chi connectivity index (χ1) is 14.2. The molecule has 2 fully saturated rings. The number of hydrogen-bond donors (Lipinski definition) is 1. The summed E-state index contributed by atoms with van der Waals surface area (Å²) >= 11 is 1.51. The first-order valence-corrected chi connectivity index (χ1v) is 11.9. The summed E-state index contributed by atoms with van der Waals surface area (Å²) in [5.74, 6) is 0.0637. The lowest BCUT2D eigenvalue weighted by Gasteiger charge is -2.25. The lowest BCUT2D eigenvalue weighted by atomic mass is 10.1. The second-order valence-corrected chi connectivity index (χ2v) is 8.46. The molecule has 1 N–H and O–H groups in total. The molecule has 0 aromatic carbocycles. The maximum Gasteiger partial charge on any atom is 0.273 e. The number of aromatic nitrogens is 2. The van der Waals surface area contributed by atoms with Crippen LogP contribution in [0.5, 0.6) is 0 Å². The molecule has 2 aliphatic heterocycles. The van der Waals surface area contributed by atoms with Gasteiger partial charge >= 0.3 is 0 Å². The van der Waals surface area contributed by atoms with Gasteiger partial charge in [-0.15, -0.1) is 11.3 Å². The van der Waals surface area contributed by atoms with E-state index in [1.807, 2.05) is 29.5 Å². The van der Waals surface area contributed by atoms with E-state index in [1.165, 1.54) is 56.5 Å². The van der Waals surface area contributed by atoms with Gasteiger partial charge in [-0.3, -0.25) is 9.78 Å². The van der Waals surface area contributed by atoms with E-state index < -0.39 is 0 Å². The Morgan fingerprint density at radius 1 is 1.10 bits per heavy atom. The third kappa shape index (κ3) is 7.86. The Kier molecular flexibility index (Phi) is 10.9. The van der Waals surface area contributed by atoms with Crippen molar-refractivity contribution in [3.63, 3.8) is 0 Å². The van der Waals surface area contributed by atoms with Gasteiger partial charge < -0.3 is 10.2 Å². The molecule has 0 spiro atoms. The Morgan fingerprint density at radius 3 is 2.31 bits per heavy atom. The molecule has 1 amide bonds. The van der Waals surface area contributed by atoms with Crippen LogP contribution in [0, 0.1) is 6.92 Å². The van der Waals surface area contributed by atoms with Crippen LogP contribution in [0.3, 0.4) is 0 Å². The van der Waals surface area contributed by atoms with Gasteiger partial charge in [0.2, 0.25) is 0 Å². The topological polar surface area (TPSA) is 58.1 Å². The lowest BCUT2D eigenvalue weighted by molar-refractivity contribution is 0.0719. The minimum Gasteiger partial charge on any atom is -0.337 e. The van der Waals surface area contributed by atoms with Crippen LogP contribution in [0.25, 0.3) is 10.6 Å². The Bertz CT molecular complexity index is 710. The minimum absolute atomic E-state index is 0.0637. The second kappa shape index (κ2) is 13.4. The van der Waals surface area contributed by atoms with E-state index in [-0.39, 0.29) is 5.91 Å². The highest BCUT2D eigenvalue weighted by molar-refractivity contribution is 7.13. The highest BCUT2D eigenvalue weighted by Gasteiger charge is 2.21. The monoisotopic (exact) mass is 416 g/mol. The number of carbonyl (C=O) groups excluding carboxylic acids is 1. The van der Waals surface area contributed by atoms with E-state index in [4.69, 9.17) is 0 Å². The van der Waals surface area contributed by atoms with E-state index in [2.05, 4.69) is 29.1 Å². The van der Waals surface area contributed by atoms with Crippen molar-refractivity contribution in [3.8, 4) is 10.6 Å². The molecule has 2 aliphatic rings. The predicted molar refractivity (Wildman–Crippen MR) is 123 cm³/mol. The third-order valence-corrected chi connectivity index (χ3v) is 5.72. The Balaban J connectivity index is 0.000000278. The van der Waals surface area contributed by atoms with Gasteiger partial charge in [-0.05, 0) is 63.7 Å². The van der Waals surface area contributed by atoms with Crippen LogP contribution in [-0.4, -0.2) is 47.0 Å². The number of thiazole rings is 1. The van der Waals surface area contributed by atoms with Crippen LogP contribution >= 0.6 is 11.3 Å². The summed E-state index contributed by atoms with van der Waals surface area (Å²) in [6.45, 7) is 10.5. The summed E-state index contributed by atoms with van der Waals surface area (Å²) < 4.78 is 0. The van der Waals surface area contributed by atoms with Gasteiger partial charge in [0.1, 0.15) is 10.7 Å². The fourth-order valence-electron chi connectivity index (χ4n) is 3.24. The summed E-state index contributed by atoms with van der Waals surface area (Å²) in [5.41, 5.74) is 2.71. The zero-order chi connectivity index (χ0) is 20.9. The van der Waals surface area contributed by atoms with Gasteiger partial charge in [-0.2, -0.15) is 0 Å². The molecule has 2 aromatic rings. The van der Waals surface area contributed by atoms with Crippen molar-refractivity contribution in [1.82, 2.24) is 20.2 Å². The fourth-order valence-corrected chi connectivity index (χ4v) is 4.11. The van der Waals surface area contributed by atoms with Gasteiger partial charge in [0.25, 0.3) is 5.91 Å². The summed E-state index contributed by atoms with van der Waals surface area (Å²) in [6.07, 6.45) is 12.5. The summed E-state index contributed by atoms with van der Waals surface area (Å²) in [5, 5.41) is 6.02. The predicted octanol–water partition coefficient (Wildman–Crippen LogP) is 5.32. The number of nitrogens with one attached hydrogen (secondary N) is 1. The summed E-state index contributed by atoms with van der Waals surface area (Å²) in [7, 11) is 0. The van der Waals surface area contributed by atoms with Crippen molar-refractivity contribution in [2.75, 3.05) is 26.2 Å². The van der Waals surface area contributed by atoms with E-state index in [9.17, 15) is 4.79 Å². The summed E-state index contributed by atoms with van der Waals surface area (Å²) in [4.78, 5) is 22.9. The SMILES string of the molecule is C1CCNCC1.CCC.Cc1ccncc1-c1nc(C(=O)N2CCCCC2)cs1. The van der Waals surface area contributed by atoms with E-state index in [0.29, 0.717) is 5.69 Å². The smallest absolute Gasteiger partial charge is 0.273 e. The molecule has 0 atom stereocenters. The van der Waals surface area contributed by atoms with Gasteiger partial charge in [0, 0.05) is 36.4 Å². The normalized spacial score (nSPS) is 16.2. The molecule has 29 heavy (non-hydrogen) atoms. The Labute approximate surface area is 180 Å². The molecule has 5 nitrogen and oxygen atoms in total. The highest BCUT2D eigenvalue weighted by atomic mass is 32.1. The molecule has 0 bridgehead atoms. The Hall–Kier alpha value is -1.79. The maximum absolute atomic E-state index is 12.4. The van der Waals surface area contributed by atoms with Crippen LogP contribution in [0.4, 0.5) is 0 Å². The number of aryl methyl sites for hydroxylation is 1. The van der Waals surface area contributed by atoms with Crippen LogP contribution < -0.4 is 5.32 Å². The van der Waals surface area contributed by atoms with Crippen molar-refractivity contribution >= 4 is 17.2 Å². The maximum atomic E-state index is 12.4. The molecule has 160 valence electrons.